The summed E-state index contributed by atoms with van der Waals surface area (Å²) in [6.07, 6.45) is 0. The van der Waals surface area contributed by atoms with E-state index in [0.29, 0.717) is 5.75 Å². The van der Waals surface area contributed by atoms with E-state index in [2.05, 4.69) is 97.9 Å². The van der Waals surface area contributed by atoms with Crippen LogP contribution < -0.4 is 0 Å². The lowest BCUT2D eigenvalue weighted by Gasteiger charge is -2.33. The van der Waals surface area contributed by atoms with E-state index in [1.54, 1.807) is 0 Å². The Morgan fingerprint density at radius 2 is 1.04 bits per heavy atom. The second-order valence-corrected chi connectivity index (χ2v) is 9.41. The lowest BCUT2D eigenvalue weighted by Crippen LogP contribution is -2.23. The van der Waals surface area contributed by atoms with E-state index < -0.39 is 0 Å². The van der Waals surface area contributed by atoms with Crippen molar-refractivity contribution in [2.75, 3.05) is 0 Å². The summed E-state index contributed by atoms with van der Waals surface area (Å²) in [6.45, 7) is 17.5. The highest BCUT2D eigenvalue weighted by Crippen LogP contribution is 2.43. The van der Waals surface area contributed by atoms with Gasteiger partial charge in [0.25, 0.3) is 0 Å². The van der Waals surface area contributed by atoms with Gasteiger partial charge in [-0.25, -0.2) is 0 Å². The molecule has 0 heterocycles. The van der Waals surface area contributed by atoms with Crippen LogP contribution in [0.25, 0.3) is 0 Å². The van der Waals surface area contributed by atoms with Crippen LogP contribution in [0, 0.1) is 0 Å². The SMILES string of the molecule is CC(C)(C)c1cc(C(C)(C)c2ccccc2)cc(C(C)(C)C)c1O. The minimum atomic E-state index is -0.116. The molecule has 2 aromatic carbocycles. The number of hydrogen-bond acceptors (Lipinski definition) is 1. The zero-order valence-corrected chi connectivity index (χ0v) is 16.5. The van der Waals surface area contributed by atoms with Crippen molar-refractivity contribution in [3.63, 3.8) is 0 Å². The molecule has 0 saturated carbocycles. The zero-order chi connectivity index (χ0) is 18.3. The maximum Gasteiger partial charge on any atom is 0.123 e. The molecule has 2 rings (SSSR count). The number of rotatable bonds is 2. The van der Waals surface area contributed by atoms with Crippen molar-refractivity contribution in [1.82, 2.24) is 0 Å². The molecule has 0 atom stereocenters. The summed E-state index contributed by atoms with van der Waals surface area (Å²) >= 11 is 0. The van der Waals surface area contributed by atoms with Crippen molar-refractivity contribution in [3.05, 3.63) is 64.7 Å². The zero-order valence-electron chi connectivity index (χ0n) is 16.5. The van der Waals surface area contributed by atoms with Gasteiger partial charge in [0.05, 0.1) is 0 Å². The summed E-state index contributed by atoms with van der Waals surface area (Å²) in [6, 6.07) is 15.0. The molecule has 1 heteroatoms. The standard InChI is InChI=1S/C23H32O/c1-21(2,3)18-14-17(15-19(20(18)24)22(4,5)6)23(7,8)16-12-10-9-11-13-16/h9-15,24H,1-8H3. The normalized spacial score (nSPS) is 13.2. The molecule has 0 aliphatic heterocycles. The lowest BCUT2D eigenvalue weighted by atomic mass is 9.72. The Morgan fingerprint density at radius 3 is 1.42 bits per heavy atom. The van der Waals surface area contributed by atoms with Crippen molar-refractivity contribution in [2.24, 2.45) is 0 Å². The Balaban J connectivity index is 2.76. The molecule has 24 heavy (non-hydrogen) atoms. The number of phenolic OH excluding ortho intramolecular Hbond substituents is 1. The highest BCUT2D eigenvalue weighted by Gasteiger charge is 2.31. The summed E-state index contributed by atoms with van der Waals surface area (Å²) in [4.78, 5) is 0. The van der Waals surface area contributed by atoms with Crippen LogP contribution in [0.4, 0.5) is 0 Å². The topological polar surface area (TPSA) is 20.2 Å². The molecular weight excluding hydrogens is 292 g/mol. The van der Waals surface area contributed by atoms with Crippen molar-refractivity contribution in [2.45, 2.75) is 71.6 Å². The first-order valence-corrected chi connectivity index (χ1v) is 8.79. The molecule has 0 fully saturated rings. The minimum Gasteiger partial charge on any atom is -0.507 e. The number of hydrogen-bond donors (Lipinski definition) is 1. The quantitative estimate of drug-likeness (QED) is 0.686. The van der Waals surface area contributed by atoms with Crippen molar-refractivity contribution in [3.8, 4) is 5.75 Å². The van der Waals surface area contributed by atoms with E-state index in [9.17, 15) is 5.11 Å². The molecule has 0 saturated heterocycles. The number of aromatic hydroxyl groups is 1. The molecule has 0 aliphatic carbocycles. The third-order valence-electron chi connectivity index (χ3n) is 4.94. The van der Waals surface area contributed by atoms with Crippen LogP contribution in [0.2, 0.25) is 0 Å². The van der Waals surface area contributed by atoms with Gasteiger partial charge < -0.3 is 5.11 Å². The lowest BCUT2D eigenvalue weighted by molar-refractivity contribution is 0.421. The molecule has 0 aliphatic rings. The summed E-state index contributed by atoms with van der Waals surface area (Å²) in [5, 5.41) is 10.9. The summed E-state index contributed by atoms with van der Waals surface area (Å²) < 4.78 is 0. The predicted molar refractivity (Wildman–Crippen MR) is 104 cm³/mol. The maximum atomic E-state index is 10.9. The first-order valence-electron chi connectivity index (χ1n) is 8.79. The van der Waals surface area contributed by atoms with Gasteiger partial charge in [0.15, 0.2) is 0 Å². The van der Waals surface area contributed by atoms with Crippen LogP contribution >= 0.6 is 0 Å². The van der Waals surface area contributed by atoms with E-state index in [0.717, 1.165) is 11.1 Å². The molecule has 0 bridgehead atoms. The summed E-state index contributed by atoms with van der Waals surface area (Å²) in [7, 11) is 0. The third kappa shape index (κ3) is 3.50. The van der Waals surface area contributed by atoms with Gasteiger partial charge in [-0.1, -0.05) is 97.9 Å². The van der Waals surface area contributed by atoms with Crippen molar-refractivity contribution in [1.29, 1.82) is 0 Å². The fraction of sp³-hybridized carbons (Fsp3) is 0.478. The van der Waals surface area contributed by atoms with Gasteiger partial charge in [-0.2, -0.15) is 0 Å². The molecule has 0 spiro atoms. The van der Waals surface area contributed by atoms with Gasteiger partial charge in [-0.05, 0) is 33.1 Å². The van der Waals surface area contributed by atoms with Crippen LogP contribution in [0.1, 0.15) is 77.6 Å². The van der Waals surface area contributed by atoms with E-state index in [1.165, 1.54) is 11.1 Å². The molecular formula is C23H32O. The molecule has 0 radical (unpaired) electrons. The molecule has 130 valence electrons. The van der Waals surface area contributed by atoms with Gasteiger partial charge >= 0.3 is 0 Å². The Kier molecular flexibility index (Phi) is 4.61. The molecule has 2 aromatic rings. The highest BCUT2D eigenvalue weighted by atomic mass is 16.3. The van der Waals surface area contributed by atoms with E-state index in [4.69, 9.17) is 0 Å². The molecule has 0 unspecified atom stereocenters. The largest absolute Gasteiger partial charge is 0.507 e. The second kappa shape index (κ2) is 5.95. The second-order valence-electron chi connectivity index (χ2n) is 9.41. The van der Waals surface area contributed by atoms with Gasteiger partial charge in [0, 0.05) is 5.41 Å². The van der Waals surface area contributed by atoms with Crippen LogP contribution in [-0.4, -0.2) is 5.11 Å². The first-order chi connectivity index (χ1) is 10.8. The van der Waals surface area contributed by atoms with E-state index >= 15 is 0 Å². The van der Waals surface area contributed by atoms with Gasteiger partial charge in [-0.3, -0.25) is 0 Å². The maximum absolute atomic E-state index is 10.9. The highest BCUT2D eigenvalue weighted by molar-refractivity contribution is 5.53. The monoisotopic (exact) mass is 324 g/mol. The van der Waals surface area contributed by atoms with Crippen LogP contribution in [0.5, 0.6) is 5.75 Å². The van der Waals surface area contributed by atoms with Crippen molar-refractivity contribution < 1.29 is 5.11 Å². The molecule has 0 amide bonds. The third-order valence-corrected chi connectivity index (χ3v) is 4.94. The Hall–Kier alpha value is -1.76. The van der Waals surface area contributed by atoms with Gasteiger partial charge in [0.2, 0.25) is 0 Å². The first kappa shape index (κ1) is 18.6. The van der Waals surface area contributed by atoms with Gasteiger partial charge in [0.1, 0.15) is 5.75 Å². The van der Waals surface area contributed by atoms with Crippen LogP contribution in [0.3, 0.4) is 0 Å². The smallest absolute Gasteiger partial charge is 0.123 e. The minimum absolute atomic E-state index is 0.104. The van der Waals surface area contributed by atoms with E-state index in [-0.39, 0.29) is 16.2 Å². The molecule has 1 nitrogen and oxygen atoms in total. The Morgan fingerprint density at radius 1 is 0.625 bits per heavy atom. The van der Waals surface area contributed by atoms with Crippen LogP contribution in [0.15, 0.2) is 42.5 Å². The average Bonchev–Trinajstić information content (AvgIpc) is 2.45. The Bertz CT molecular complexity index is 675. The fourth-order valence-corrected chi connectivity index (χ4v) is 3.16. The summed E-state index contributed by atoms with van der Waals surface area (Å²) in [5.41, 5.74) is 4.26. The van der Waals surface area contributed by atoms with Crippen molar-refractivity contribution >= 4 is 0 Å². The fourth-order valence-electron chi connectivity index (χ4n) is 3.16. The van der Waals surface area contributed by atoms with Gasteiger partial charge in [-0.15, -0.1) is 0 Å². The Labute approximate surface area is 147 Å². The molecule has 0 aromatic heterocycles. The number of phenols is 1. The summed E-state index contributed by atoms with van der Waals surface area (Å²) in [5.74, 6) is 0.447. The predicted octanol–water partition coefficient (Wildman–Crippen LogP) is 6.31. The number of benzene rings is 2. The van der Waals surface area contributed by atoms with Crippen LogP contribution in [-0.2, 0) is 16.2 Å². The van der Waals surface area contributed by atoms with E-state index in [1.807, 2.05) is 0 Å². The molecule has 1 N–H and O–H groups in total. The average molecular weight is 325 g/mol.